The van der Waals surface area contributed by atoms with Gasteiger partial charge >= 0.3 is 0 Å². The van der Waals surface area contributed by atoms with Crippen LogP contribution in [0.2, 0.25) is 5.02 Å². The van der Waals surface area contributed by atoms with Crippen LogP contribution in [0, 0.1) is 5.92 Å². The van der Waals surface area contributed by atoms with E-state index < -0.39 is 0 Å². The Labute approximate surface area is 129 Å². The van der Waals surface area contributed by atoms with Crippen LogP contribution in [0.5, 0.6) is 0 Å². The molecule has 2 rings (SSSR count). The summed E-state index contributed by atoms with van der Waals surface area (Å²) in [6, 6.07) is 5.31. The number of nitrogens with one attached hydrogen (secondary N) is 1. The van der Waals surface area contributed by atoms with E-state index in [1.165, 1.54) is 0 Å². The van der Waals surface area contributed by atoms with Crippen LogP contribution in [0.4, 0.5) is 0 Å². The first-order valence-electron chi connectivity index (χ1n) is 7.01. The van der Waals surface area contributed by atoms with E-state index in [9.17, 15) is 9.59 Å². The van der Waals surface area contributed by atoms with E-state index in [-0.39, 0.29) is 12.5 Å². The number of carbonyl (C=O) groups excluding carboxylic acids is 2. The Morgan fingerprint density at radius 1 is 1.43 bits per heavy atom. The number of hydrogen-bond acceptors (Lipinski definition) is 2. The number of benzene rings is 1. The molecule has 1 aromatic carbocycles. The summed E-state index contributed by atoms with van der Waals surface area (Å²) in [4.78, 5) is 23.1. The van der Waals surface area contributed by atoms with E-state index in [2.05, 4.69) is 19.2 Å². The summed E-state index contributed by atoms with van der Waals surface area (Å²) >= 11 is 6.00. The number of fused-ring (bicyclic) bond motifs is 1. The highest BCUT2D eigenvalue weighted by Crippen LogP contribution is 2.23. The van der Waals surface area contributed by atoms with E-state index in [0.717, 1.165) is 23.6 Å². The molecule has 0 atom stereocenters. The molecule has 0 saturated heterocycles. The molecule has 0 fully saturated rings. The van der Waals surface area contributed by atoms with E-state index in [4.69, 9.17) is 11.6 Å². The summed E-state index contributed by atoms with van der Waals surface area (Å²) in [5, 5.41) is 4.28. The maximum atomic E-state index is 12.0. The third-order valence-corrected chi connectivity index (χ3v) is 3.60. The molecule has 4 nitrogen and oxygen atoms in total. The third kappa shape index (κ3) is 3.85. The van der Waals surface area contributed by atoms with Gasteiger partial charge in [0.25, 0.3) is 0 Å². The summed E-state index contributed by atoms with van der Waals surface area (Å²) in [6.07, 6.45) is 3.43. The molecule has 2 aromatic rings. The van der Waals surface area contributed by atoms with Crippen LogP contribution in [-0.2, 0) is 11.3 Å². The zero-order chi connectivity index (χ0) is 15.4. The average molecular weight is 307 g/mol. The van der Waals surface area contributed by atoms with Crippen LogP contribution in [0.15, 0.2) is 24.4 Å². The fourth-order valence-corrected chi connectivity index (χ4v) is 2.40. The van der Waals surface area contributed by atoms with Crippen molar-refractivity contribution in [3.8, 4) is 0 Å². The standard InChI is InChI=1S/C16H19ClN2O2/c1-11(2)5-6-18-16(21)9-19-8-12(10-20)14-4-3-13(17)7-15(14)19/h3-4,7-8,10-11H,5-6,9H2,1-2H3,(H,18,21). The van der Waals surface area contributed by atoms with Gasteiger partial charge in [-0.1, -0.05) is 31.5 Å². The number of carbonyl (C=O) groups is 2. The Bertz CT molecular complexity index is 662. The minimum Gasteiger partial charge on any atom is -0.355 e. The monoisotopic (exact) mass is 306 g/mol. The normalized spacial score (nSPS) is 11.0. The van der Waals surface area contributed by atoms with Gasteiger partial charge in [-0.2, -0.15) is 0 Å². The third-order valence-electron chi connectivity index (χ3n) is 3.36. The maximum Gasteiger partial charge on any atom is 0.239 e. The predicted octanol–water partition coefficient (Wildman–Crippen LogP) is 3.27. The lowest BCUT2D eigenvalue weighted by Crippen LogP contribution is -2.28. The molecule has 0 unspecified atom stereocenters. The second-order valence-corrected chi connectivity index (χ2v) is 5.96. The van der Waals surface area contributed by atoms with Gasteiger partial charge in [-0.15, -0.1) is 0 Å². The topological polar surface area (TPSA) is 51.1 Å². The molecule has 112 valence electrons. The van der Waals surface area contributed by atoms with E-state index in [1.807, 2.05) is 0 Å². The minimum atomic E-state index is -0.0648. The van der Waals surface area contributed by atoms with Crippen molar-refractivity contribution < 1.29 is 9.59 Å². The van der Waals surface area contributed by atoms with Crippen LogP contribution < -0.4 is 5.32 Å². The number of hydrogen-bond donors (Lipinski definition) is 1. The van der Waals surface area contributed by atoms with Gasteiger partial charge in [0.05, 0.1) is 5.52 Å². The Balaban J connectivity index is 2.16. The first-order chi connectivity index (χ1) is 10.0. The van der Waals surface area contributed by atoms with Crippen molar-refractivity contribution in [3.05, 3.63) is 35.0 Å². The van der Waals surface area contributed by atoms with E-state index in [1.54, 1.807) is 29.0 Å². The smallest absolute Gasteiger partial charge is 0.239 e. The number of aromatic nitrogens is 1. The number of aldehydes is 1. The second kappa shape index (κ2) is 6.76. The highest BCUT2D eigenvalue weighted by Gasteiger charge is 2.11. The van der Waals surface area contributed by atoms with Gasteiger partial charge in [0.1, 0.15) is 6.54 Å². The first kappa shape index (κ1) is 15.6. The molecule has 0 aliphatic rings. The quantitative estimate of drug-likeness (QED) is 0.833. The van der Waals surface area contributed by atoms with Crippen molar-refractivity contribution in [2.75, 3.05) is 6.54 Å². The van der Waals surface area contributed by atoms with Crippen molar-refractivity contribution in [1.82, 2.24) is 9.88 Å². The predicted molar refractivity (Wildman–Crippen MR) is 84.8 cm³/mol. The van der Waals surface area contributed by atoms with Crippen LogP contribution in [0.1, 0.15) is 30.6 Å². The van der Waals surface area contributed by atoms with Gasteiger partial charge in [-0.05, 0) is 24.5 Å². The molecule has 0 saturated carbocycles. The van der Waals surface area contributed by atoms with Crippen LogP contribution in [-0.4, -0.2) is 23.3 Å². The lowest BCUT2D eigenvalue weighted by Gasteiger charge is -2.08. The molecule has 1 heterocycles. The Morgan fingerprint density at radius 3 is 2.86 bits per heavy atom. The maximum absolute atomic E-state index is 12.0. The molecule has 0 bridgehead atoms. The summed E-state index contributed by atoms with van der Waals surface area (Å²) in [5.74, 6) is 0.489. The lowest BCUT2D eigenvalue weighted by molar-refractivity contribution is -0.121. The van der Waals surface area contributed by atoms with Gasteiger partial charge < -0.3 is 9.88 Å². The van der Waals surface area contributed by atoms with Gasteiger partial charge in [0, 0.05) is 28.7 Å². The molecule has 0 spiro atoms. The number of halogens is 1. The fourth-order valence-electron chi connectivity index (χ4n) is 2.23. The van der Waals surface area contributed by atoms with E-state index in [0.29, 0.717) is 23.0 Å². The van der Waals surface area contributed by atoms with Gasteiger partial charge in [-0.3, -0.25) is 9.59 Å². The molecular formula is C16H19ClN2O2. The first-order valence-corrected chi connectivity index (χ1v) is 7.39. The summed E-state index contributed by atoms with van der Waals surface area (Å²) in [6.45, 7) is 5.08. The van der Waals surface area contributed by atoms with Crippen molar-refractivity contribution in [3.63, 3.8) is 0 Å². The average Bonchev–Trinajstić information content (AvgIpc) is 2.75. The fraction of sp³-hybridized carbons (Fsp3) is 0.375. The zero-order valence-electron chi connectivity index (χ0n) is 12.2. The second-order valence-electron chi connectivity index (χ2n) is 5.52. The molecule has 0 radical (unpaired) electrons. The number of amides is 1. The molecule has 0 aliphatic carbocycles. The Kier molecular flexibility index (Phi) is 5.02. The molecule has 0 aliphatic heterocycles. The molecule has 1 N–H and O–H groups in total. The van der Waals surface area contributed by atoms with Crippen molar-refractivity contribution >= 4 is 34.7 Å². The number of nitrogens with zero attached hydrogens (tertiary/aromatic N) is 1. The SMILES string of the molecule is CC(C)CCNC(=O)Cn1cc(C=O)c2ccc(Cl)cc21. The minimum absolute atomic E-state index is 0.0648. The van der Waals surface area contributed by atoms with E-state index >= 15 is 0 Å². The Morgan fingerprint density at radius 2 is 2.19 bits per heavy atom. The summed E-state index contributed by atoms with van der Waals surface area (Å²) in [5.41, 5.74) is 1.36. The summed E-state index contributed by atoms with van der Waals surface area (Å²) in [7, 11) is 0. The van der Waals surface area contributed by atoms with Crippen molar-refractivity contribution in [2.45, 2.75) is 26.8 Å². The van der Waals surface area contributed by atoms with Crippen LogP contribution in [0.3, 0.4) is 0 Å². The lowest BCUT2D eigenvalue weighted by atomic mass is 10.1. The number of rotatable bonds is 6. The molecule has 1 amide bonds. The van der Waals surface area contributed by atoms with Crippen molar-refractivity contribution in [1.29, 1.82) is 0 Å². The summed E-state index contributed by atoms with van der Waals surface area (Å²) < 4.78 is 1.76. The van der Waals surface area contributed by atoms with Crippen LogP contribution >= 0.6 is 11.6 Å². The van der Waals surface area contributed by atoms with Crippen molar-refractivity contribution in [2.24, 2.45) is 5.92 Å². The van der Waals surface area contributed by atoms with Gasteiger partial charge in [0.15, 0.2) is 6.29 Å². The van der Waals surface area contributed by atoms with Gasteiger partial charge in [-0.25, -0.2) is 0 Å². The largest absolute Gasteiger partial charge is 0.355 e. The molecule has 5 heteroatoms. The Hall–Kier alpha value is -1.81. The van der Waals surface area contributed by atoms with Gasteiger partial charge in [0.2, 0.25) is 5.91 Å². The molecule has 21 heavy (non-hydrogen) atoms. The highest BCUT2D eigenvalue weighted by molar-refractivity contribution is 6.31. The molecular weight excluding hydrogens is 288 g/mol. The molecule has 1 aromatic heterocycles. The zero-order valence-corrected chi connectivity index (χ0v) is 13.0. The highest BCUT2D eigenvalue weighted by atomic mass is 35.5. The van der Waals surface area contributed by atoms with Crippen LogP contribution in [0.25, 0.3) is 10.9 Å².